The minimum Gasteiger partial charge on any atom is -0.392 e. The highest BCUT2D eigenvalue weighted by Gasteiger charge is 2.36. The number of likely N-dealkylation sites (tertiary alicyclic amines) is 2. The third-order valence-corrected chi connectivity index (χ3v) is 4.53. The second kappa shape index (κ2) is 6.13. The number of alkyl halides is 3. The highest BCUT2D eigenvalue weighted by Crippen LogP contribution is 2.36. The summed E-state index contributed by atoms with van der Waals surface area (Å²) in [5.74, 6) is -0.0256. The van der Waals surface area contributed by atoms with E-state index in [1.54, 1.807) is 15.9 Å². The average Bonchev–Trinajstić information content (AvgIpc) is 2.76. The van der Waals surface area contributed by atoms with Crippen molar-refractivity contribution in [2.75, 3.05) is 26.2 Å². The van der Waals surface area contributed by atoms with Crippen LogP contribution in [0.4, 0.5) is 13.2 Å². The van der Waals surface area contributed by atoms with E-state index in [4.69, 9.17) is 0 Å². The van der Waals surface area contributed by atoms with Crippen molar-refractivity contribution in [2.24, 2.45) is 0 Å². The van der Waals surface area contributed by atoms with E-state index >= 15 is 0 Å². The highest BCUT2D eigenvalue weighted by atomic mass is 19.4. The molecule has 2 fully saturated rings. The second-order valence-corrected chi connectivity index (χ2v) is 6.19. The van der Waals surface area contributed by atoms with Gasteiger partial charge in [-0.05, 0) is 30.5 Å². The van der Waals surface area contributed by atoms with Gasteiger partial charge in [-0.15, -0.1) is 0 Å². The first-order chi connectivity index (χ1) is 10.8. The quantitative estimate of drug-likeness (QED) is 0.923. The molecule has 3 rings (SSSR count). The van der Waals surface area contributed by atoms with E-state index in [0.29, 0.717) is 18.5 Å². The van der Waals surface area contributed by atoms with E-state index in [-0.39, 0.29) is 18.5 Å². The lowest BCUT2D eigenvalue weighted by Crippen LogP contribution is -2.47. The number of carbonyl (C=O) groups is 1. The van der Waals surface area contributed by atoms with Crippen molar-refractivity contribution in [1.29, 1.82) is 0 Å². The van der Waals surface area contributed by atoms with Gasteiger partial charge < -0.3 is 10.0 Å². The van der Waals surface area contributed by atoms with Crippen LogP contribution in [0.15, 0.2) is 24.3 Å². The maximum Gasteiger partial charge on any atom is 0.416 e. The molecule has 7 heteroatoms. The summed E-state index contributed by atoms with van der Waals surface area (Å²) in [6.45, 7) is 1.92. The number of aliphatic hydroxyl groups excluding tert-OH is 1. The van der Waals surface area contributed by atoms with Crippen LogP contribution in [0.25, 0.3) is 0 Å². The molecule has 0 aromatic heterocycles. The molecule has 2 aliphatic heterocycles. The van der Waals surface area contributed by atoms with E-state index in [2.05, 4.69) is 0 Å². The second-order valence-electron chi connectivity index (χ2n) is 6.19. The summed E-state index contributed by atoms with van der Waals surface area (Å²) in [6.07, 6.45) is -3.69. The van der Waals surface area contributed by atoms with E-state index < -0.39 is 17.8 Å². The molecule has 0 bridgehead atoms. The predicted octanol–water partition coefficient (Wildman–Crippen LogP) is 2.05. The Balaban J connectivity index is 1.77. The van der Waals surface area contributed by atoms with Crippen LogP contribution in [0.3, 0.4) is 0 Å². The van der Waals surface area contributed by atoms with E-state index in [9.17, 15) is 23.1 Å². The summed E-state index contributed by atoms with van der Waals surface area (Å²) >= 11 is 0. The molecule has 0 aliphatic carbocycles. The zero-order valence-corrected chi connectivity index (χ0v) is 12.6. The van der Waals surface area contributed by atoms with Crippen molar-refractivity contribution >= 4 is 5.91 Å². The summed E-state index contributed by atoms with van der Waals surface area (Å²) in [4.78, 5) is 15.6. The number of carbonyl (C=O) groups excluding carboxylic acids is 1. The van der Waals surface area contributed by atoms with E-state index in [1.165, 1.54) is 6.07 Å². The topological polar surface area (TPSA) is 43.8 Å². The third-order valence-electron chi connectivity index (χ3n) is 4.53. The number of aliphatic hydroxyl groups is 1. The van der Waals surface area contributed by atoms with Crippen molar-refractivity contribution in [1.82, 2.24) is 9.80 Å². The Morgan fingerprint density at radius 1 is 1.30 bits per heavy atom. The molecule has 0 unspecified atom stereocenters. The Bertz CT molecular complexity index is 587. The molecule has 1 N–H and O–H groups in total. The lowest BCUT2D eigenvalue weighted by atomic mass is 10.0. The molecule has 1 aromatic rings. The van der Waals surface area contributed by atoms with Crippen LogP contribution in [0.2, 0.25) is 0 Å². The van der Waals surface area contributed by atoms with Gasteiger partial charge in [-0.2, -0.15) is 13.2 Å². The Kier molecular flexibility index (Phi) is 4.33. The van der Waals surface area contributed by atoms with Crippen LogP contribution in [0.5, 0.6) is 0 Å². The molecule has 0 spiro atoms. The number of nitrogens with zero attached hydrogens (tertiary/aromatic N) is 2. The maximum absolute atomic E-state index is 12.9. The zero-order valence-electron chi connectivity index (χ0n) is 12.6. The molecule has 2 saturated heterocycles. The molecule has 2 atom stereocenters. The van der Waals surface area contributed by atoms with Gasteiger partial charge in [-0.25, -0.2) is 0 Å². The van der Waals surface area contributed by atoms with Gasteiger partial charge in [0.1, 0.15) is 0 Å². The standard InChI is InChI=1S/C16H19F3N2O2/c17-16(18,19)12-4-1-3-11(7-12)14-8-13(22)9-21(14)10-15(23)20-5-2-6-20/h1,3-4,7,13-14,22H,2,5-6,8-10H2/t13-,14+/m0/s1. The first-order valence-electron chi connectivity index (χ1n) is 7.71. The minimum absolute atomic E-state index is 0.0256. The summed E-state index contributed by atoms with van der Waals surface area (Å²) < 4.78 is 38.6. The van der Waals surface area contributed by atoms with Crippen molar-refractivity contribution in [3.8, 4) is 0 Å². The molecule has 1 aromatic carbocycles. The fourth-order valence-electron chi connectivity index (χ4n) is 3.16. The Hall–Kier alpha value is -1.60. The van der Waals surface area contributed by atoms with Crippen molar-refractivity contribution in [3.05, 3.63) is 35.4 Å². The van der Waals surface area contributed by atoms with Crippen LogP contribution in [-0.2, 0) is 11.0 Å². The van der Waals surface area contributed by atoms with Gasteiger partial charge in [0.05, 0.1) is 18.2 Å². The molecule has 23 heavy (non-hydrogen) atoms. The number of rotatable bonds is 3. The van der Waals surface area contributed by atoms with Crippen molar-refractivity contribution < 1.29 is 23.1 Å². The normalized spacial score (nSPS) is 25.5. The lowest BCUT2D eigenvalue weighted by molar-refractivity contribution is -0.138. The number of hydrogen-bond acceptors (Lipinski definition) is 3. The van der Waals surface area contributed by atoms with Crippen LogP contribution in [0.1, 0.15) is 30.0 Å². The Labute approximate surface area is 132 Å². The van der Waals surface area contributed by atoms with Crippen LogP contribution < -0.4 is 0 Å². The smallest absolute Gasteiger partial charge is 0.392 e. The van der Waals surface area contributed by atoms with Gasteiger partial charge in [-0.1, -0.05) is 12.1 Å². The van der Waals surface area contributed by atoms with Crippen molar-refractivity contribution in [2.45, 2.75) is 31.2 Å². The van der Waals surface area contributed by atoms with Gasteiger partial charge in [0.25, 0.3) is 0 Å². The predicted molar refractivity (Wildman–Crippen MR) is 77.6 cm³/mol. The molecule has 126 valence electrons. The number of amides is 1. The molecule has 2 aliphatic rings. The Morgan fingerprint density at radius 2 is 2.04 bits per heavy atom. The zero-order chi connectivity index (χ0) is 16.6. The van der Waals surface area contributed by atoms with Gasteiger partial charge in [-0.3, -0.25) is 9.69 Å². The van der Waals surface area contributed by atoms with Gasteiger partial charge in [0.15, 0.2) is 0 Å². The maximum atomic E-state index is 12.9. The average molecular weight is 328 g/mol. The summed E-state index contributed by atoms with van der Waals surface area (Å²) in [5.41, 5.74) is -0.210. The van der Waals surface area contributed by atoms with E-state index in [1.807, 2.05) is 0 Å². The monoisotopic (exact) mass is 328 g/mol. The summed E-state index contributed by atoms with van der Waals surface area (Å²) in [7, 11) is 0. The molecule has 2 heterocycles. The fourth-order valence-corrected chi connectivity index (χ4v) is 3.16. The van der Waals surface area contributed by atoms with E-state index in [0.717, 1.165) is 31.6 Å². The molecule has 0 radical (unpaired) electrons. The first-order valence-corrected chi connectivity index (χ1v) is 7.71. The summed E-state index contributed by atoms with van der Waals surface area (Å²) in [6, 6.07) is 4.78. The summed E-state index contributed by atoms with van der Waals surface area (Å²) in [5, 5.41) is 9.89. The SMILES string of the molecule is O=C(CN1C[C@@H](O)C[C@@H]1c1cccc(C(F)(F)F)c1)N1CCC1. The van der Waals surface area contributed by atoms with Crippen molar-refractivity contribution in [3.63, 3.8) is 0 Å². The number of benzene rings is 1. The lowest BCUT2D eigenvalue weighted by Gasteiger charge is -2.33. The molecular formula is C16H19F3N2O2. The van der Waals surface area contributed by atoms with Gasteiger partial charge in [0.2, 0.25) is 5.91 Å². The number of hydrogen-bond donors (Lipinski definition) is 1. The number of halogens is 3. The third kappa shape index (κ3) is 3.50. The van der Waals surface area contributed by atoms with Gasteiger partial charge in [0, 0.05) is 25.7 Å². The molecule has 1 amide bonds. The fraction of sp³-hybridized carbons (Fsp3) is 0.562. The number of β-amino-alcohol motifs (C(OH)–C–C–N with tert-alkyl or cyclic N) is 1. The largest absolute Gasteiger partial charge is 0.416 e. The molecular weight excluding hydrogens is 309 g/mol. The van der Waals surface area contributed by atoms with Crippen LogP contribution in [0, 0.1) is 0 Å². The molecule has 0 saturated carbocycles. The molecule has 4 nitrogen and oxygen atoms in total. The van der Waals surface area contributed by atoms with Crippen LogP contribution >= 0.6 is 0 Å². The Morgan fingerprint density at radius 3 is 2.65 bits per heavy atom. The van der Waals surface area contributed by atoms with Gasteiger partial charge >= 0.3 is 6.18 Å². The highest BCUT2D eigenvalue weighted by molar-refractivity contribution is 5.79. The first kappa shape index (κ1) is 16.3. The van der Waals surface area contributed by atoms with Crippen LogP contribution in [-0.4, -0.2) is 53.1 Å². The minimum atomic E-state index is -4.40.